The maximum Gasteiger partial charge on any atom is 0 e. The van der Waals surface area contributed by atoms with E-state index in [-0.39, 0.29) is 112 Å². The topological polar surface area (TPSA) is 0 Å². The van der Waals surface area contributed by atoms with Crippen molar-refractivity contribution >= 4 is 17.4 Å². The van der Waals surface area contributed by atoms with Gasteiger partial charge in [0.1, 0.15) is 0 Å². The summed E-state index contributed by atoms with van der Waals surface area (Å²) in [5, 5.41) is 0. The van der Waals surface area contributed by atoms with Crippen LogP contribution in [0.15, 0.2) is 0 Å². The summed E-state index contributed by atoms with van der Waals surface area (Å²) in [7, 11) is 0. The fourth-order valence-corrected chi connectivity index (χ4v) is 0. The van der Waals surface area contributed by atoms with Crippen LogP contribution in [0.5, 0.6) is 0 Å². The molecule has 0 N–H and O–H groups in total. The molecule has 6 heteroatoms. The fourth-order valence-electron chi connectivity index (χ4n) is 0. The standard InChI is InChI=1S/Al.Cr.Fe.Nb.Ni.Ti. The second kappa shape index (κ2) is 38.8. The summed E-state index contributed by atoms with van der Waals surface area (Å²) in [5.74, 6) is 0. The van der Waals surface area contributed by atoms with Gasteiger partial charge in [0.2, 0.25) is 0 Å². The molecule has 0 nitrogen and oxygen atoms in total. The first-order valence-corrected chi connectivity index (χ1v) is 0. The fraction of sp³-hybridized carbons (Fsp3) is 0. The molecule has 0 aliphatic heterocycles. The van der Waals surface area contributed by atoms with Crippen LogP contribution >= 0.6 is 0 Å². The van der Waals surface area contributed by atoms with Crippen LogP contribution in [0.4, 0.5) is 0 Å². The summed E-state index contributed by atoms with van der Waals surface area (Å²) >= 11 is 0. The van der Waals surface area contributed by atoms with Gasteiger partial charge in [-0.05, 0) is 0 Å². The van der Waals surface area contributed by atoms with E-state index in [2.05, 4.69) is 0 Å². The Morgan fingerprint density at radius 1 is 1.00 bits per heavy atom. The van der Waals surface area contributed by atoms with Gasteiger partial charge in [-0.2, -0.15) is 0 Å². The Bertz CT molecular complexity index is 15.5. The predicted octanol–water partition coefficient (Wildman–Crippen LogP) is -0.393. The second-order valence-corrected chi connectivity index (χ2v) is 0. The minimum atomic E-state index is 0. The van der Waals surface area contributed by atoms with Gasteiger partial charge in [0.05, 0.1) is 0 Å². The van der Waals surface area contributed by atoms with Crippen LogP contribution in [0.2, 0.25) is 0 Å². The first-order valence-electron chi connectivity index (χ1n) is 0. The molecule has 0 aromatic rings. The molecule has 0 aliphatic rings. The molecule has 0 saturated carbocycles. The van der Waals surface area contributed by atoms with E-state index >= 15 is 0 Å². The summed E-state index contributed by atoms with van der Waals surface area (Å²) in [5.41, 5.74) is 0. The summed E-state index contributed by atoms with van der Waals surface area (Å²) in [6.07, 6.45) is 0. The summed E-state index contributed by atoms with van der Waals surface area (Å²) in [6, 6.07) is 0. The molecule has 0 aromatic carbocycles. The molecule has 0 spiro atoms. The van der Waals surface area contributed by atoms with Crippen molar-refractivity contribution in [2.24, 2.45) is 0 Å². The van der Waals surface area contributed by atoms with Crippen molar-refractivity contribution in [2.45, 2.75) is 0 Å². The van der Waals surface area contributed by atoms with Gasteiger partial charge in [-0.3, -0.25) is 0 Å². The molecule has 0 bridgehead atoms. The first-order chi connectivity index (χ1) is 0. The largest absolute Gasteiger partial charge is 0 e. The van der Waals surface area contributed by atoms with Crippen LogP contribution in [-0.2, 0) is 95.0 Å². The van der Waals surface area contributed by atoms with Crippen molar-refractivity contribution in [3.05, 3.63) is 0 Å². The molecular weight excluding hydrogens is 334 g/mol. The van der Waals surface area contributed by atoms with Crippen molar-refractivity contribution in [3.8, 4) is 0 Å². The van der Waals surface area contributed by atoms with Crippen molar-refractivity contribution in [1.82, 2.24) is 0 Å². The van der Waals surface area contributed by atoms with E-state index in [0.717, 1.165) is 0 Å². The molecule has 0 fully saturated rings. The normalized spacial score (nSPS) is 0. The Labute approximate surface area is 110 Å². The third kappa shape index (κ3) is 25.8. The van der Waals surface area contributed by atoms with Crippen molar-refractivity contribution in [1.29, 1.82) is 0 Å². The van der Waals surface area contributed by atoms with Gasteiger partial charge in [-0.15, -0.1) is 0 Å². The molecule has 6 heavy (non-hydrogen) atoms. The Morgan fingerprint density at radius 2 is 1.00 bits per heavy atom. The zero-order valence-corrected chi connectivity index (χ0v) is 10.9. The SMILES string of the molecule is [Al].[Cr].[Fe].[Nb].[Ni].[Ti]. The van der Waals surface area contributed by atoms with Crippen LogP contribution in [0.3, 0.4) is 0 Å². The van der Waals surface area contributed by atoms with Crippen LogP contribution in [0, 0.1) is 0 Å². The predicted molar refractivity (Wildman–Crippen MR) is 5.75 cm³/mol. The Morgan fingerprint density at radius 3 is 1.00 bits per heavy atom. The molecule has 36 valence electrons. The van der Waals surface area contributed by atoms with Gasteiger partial charge in [-0.25, -0.2) is 0 Å². The van der Waals surface area contributed by atoms with Gasteiger partial charge in [0, 0.05) is 112 Å². The molecule has 0 aromatic heterocycles. The third-order valence-corrected chi connectivity index (χ3v) is 0. The molecule has 0 saturated heterocycles. The minimum Gasteiger partial charge on any atom is 0 e. The van der Waals surface area contributed by atoms with E-state index in [9.17, 15) is 0 Å². The smallest absolute Gasteiger partial charge is 0 e. The number of hydrogen-bond acceptors (Lipinski definition) is 0. The van der Waals surface area contributed by atoms with E-state index in [1.54, 1.807) is 0 Å². The van der Waals surface area contributed by atoms with Crippen LogP contribution in [0.1, 0.15) is 0 Å². The summed E-state index contributed by atoms with van der Waals surface area (Å²) < 4.78 is 0. The van der Waals surface area contributed by atoms with Crippen LogP contribution in [-0.4, -0.2) is 17.4 Å². The van der Waals surface area contributed by atoms with Crippen molar-refractivity contribution in [3.63, 3.8) is 0 Å². The van der Waals surface area contributed by atoms with E-state index in [1.165, 1.54) is 0 Å². The van der Waals surface area contributed by atoms with Crippen LogP contribution < -0.4 is 0 Å². The monoisotopic (exact) mass is 334 g/mol. The first kappa shape index (κ1) is 55.6. The van der Waals surface area contributed by atoms with Crippen molar-refractivity contribution in [2.75, 3.05) is 0 Å². The Hall–Kier alpha value is 3.53. The summed E-state index contributed by atoms with van der Waals surface area (Å²) in [4.78, 5) is 0. The molecule has 0 rings (SSSR count). The molecule has 0 unspecified atom stereocenters. The van der Waals surface area contributed by atoms with Gasteiger partial charge < -0.3 is 0 Å². The minimum absolute atomic E-state index is 0. The number of hydrogen-bond donors (Lipinski definition) is 0. The zero-order chi connectivity index (χ0) is 0. The third-order valence-electron chi connectivity index (χ3n) is 0. The maximum atomic E-state index is 0. The molecule has 4 radical (unpaired) electrons. The van der Waals surface area contributed by atoms with Gasteiger partial charge in [-0.1, -0.05) is 0 Å². The van der Waals surface area contributed by atoms with Crippen LogP contribution in [0.25, 0.3) is 0 Å². The Kier molecular flexibility index (Phi) is 360. The Balaban J connectivity index is 0. The number of rotatable bonds is 0. The molecule has 0 atom stereocenters. The van der Waals surface area contributed by atoms with Crippen molar-refractivity contribution < 1.29 is 95.0 Å². The van der Waals surface area contributed by atoms with E-state index in [1.807, 2.05) is 0 Å². The van der Waals surface area contributed by atoms with Gasteiger partial charge in [0.15, 0.2) is 0 Å². The second-order valence-electron chi connectivity index (χ2n) is 0. The van der Waals surface area contributed by atoms with E-state index in [4.69, 9.17) is 0 Å². The van der Waals surface area contributed by atoms with E-state index < -0.39 is 0 Å². The molecule has 0 aliphatic carbocycles. The average Bonchev–Trinajstić information content (AvgIpc) is 0. The zero-order valence-electron chi connectivity index (χ0n) is 2.60. The summed E-state index contributed by atoms with van der Waals surface area (Å²) in [6.45, 7) is 0. The van der Waals surface area contributed by atoms with Gasteiger partial charge in [0.25, 0.3) is 0 Å². The average molecular weight is 334 g/mol. The van der Waals surface area contributed by atoms with Gasteiger partial charge >= 0.3 is 0 Å². The maximum absolute atomic E-state index is 0. The van der Waals surface area contributed by atoms with E-state index in [0.29, 0.717) is 0 Å². The molecular formula is AlCrFeNbNiTi. The molecule has 0 heterocycles. The molecule has 0 amide bonds. The quantitative estimate of drug-likeness (QED) is 0.529.